The summed E-state index contributed by atoms with van der Waals surface area (Å²) in [5.41, 5.74) is 0. The van der Waals surface area contributed by atoms with E-state index < -0.39 is 6.10 Å². The maximum atomic E-state index is 12.5. The summed E-state index contributed by atoms with van der Waals surface area (Å²) < 4.78 is 16.4. The van der Waals surface area contributed by atoms with Crippen LogP contribution in [0.2, 0.25) is 0 Å². The quantitative estimate of drug-likeness (QED) is 0.0316. The molecule has 0 amide bonds. The van der Waals surface area contributed by atoms with Crippen molar-refractivity contribution in [2.45, 2.75) is 195 Å². The summed E-state index contributed by atoms with van der Waals surface area (Å²) in [5.74, 6) is 0.408. The van der Waals surface area contributed by atoms with Crippen LogP contribution in [0.15, 0.2) is 12.2 Å². The molecular formula is C39H72O6. The minimum Gasteiger partial charge on any atom is -0.462 e. The molecule has 0 heterocycles. The molecule has 0 aromatic carbocycles. The molecule has 0 saturated heterocycles. The van der Waals surface area contributed by atoms with E-state index in [4.69, 9.17) is 14.2 Å². The Hall–Kier alpha value is -1.85. The van der Waals surface area contributed by atoms with Crippen molar-refractivity contribution in [2.24, 2.45) is 11.8 Å². The molecule has 0 aliphatic carbocycles. The van der Waals surface area contributed by atoms with Gasteiger partial charge in [-0.1, -0.05) is 137 Å². The molecule has 0 spiro atoms. The maximum absolute atomic E-state index is 12.5. The highest BCUT2D eigenvalue weighted by atomic mass is 16.6. The van der Waals surface area contributed by atoms with Crippen LogP contribution in [-0.2, 0) is 28.6 Å². The monoisotopic (exact) mass is 637 g/mol. The lowest BCUT2D eigenvalue weighted by Crippen LogP contribution is -2.30. The van der Waals surface area contributed by atoms with E-state index in [0.717, 1.165) is 77.0 Å². The van der Waals surface area contributed by atoms with Crippen LogP contribution in [0.25, 0.3) is 0 Å². The number of esters is 3. The average molecular weight is 637 g/mol. The number of allylic oxidation sites excluding steroid dienone is 2. The Bertz CT molecular complexity index is 729. The highest BCUT2D eigenvalue weighted by molar-refractivity contribution is 5.71. The van der Waals surface area contributed by atoms with Gasteiger partial charge in [-0.3, -0.25) is 14.4 Å². The van der Waals surface area contributed by atoms with Crippen LogP contribution in [0, 0.1) is 11.8 Å². The standard InChI is InChI=1S/C39H72O6/c1-6-7-8-9-10-11-12-13-14-15-16-17-18-19-24-29-37(40)43-32-36(45-39(42)31-26-21-23-28-35(4)5)33-44-38(41)30-25-20-22-27-34(2)3/h13-14,34-36H,6-12,15-33H2,1-5H3/b14-13-. The molecule has 45 heavy (non-hydrogen) atoms. The molecule has 0 aromatic rings. The summed E-state index contributed by atoms with van der Waals surface area (Å²) >= 11 is 0. The third kappa shape index (κ3) is 33.3. The third-order valence-electron chi connectivity index (χ3n) is 8.13. The third-order valence-corrected chi connectivity index (χ3v) is 8.13. The second-order valence-corrected chi connectivity index (χ2v) is 13.8. The normalized spacial score (nSPS) is 12.2. The summed E-state index contributed by atoms with van der Waals surface area (Å²) in [6.45, 7) is 10.9. The van der Waals surface area contributed by atoms with Crippen molar-refractivity contribution in [1.82, 2.24) is 0 Å². The first-order valence-corrected chi connectivity index (χ1v) is 18.9. The Morgan fingerprint density at radius 1 is 0.489 bits per heavy atom. The number of ether oxygens (including phenoxy) is 3. The smallest absolute Gasteiger partial charge is 0.306 e. The van der Waals surface area contributed by atoms with Gasteiger partial charge in [0.05, 0.1) is 0 Å². The summed E-state index contributed by atoms with van der Waals surface area (Å²) in [4.78, 5) is 37.1. The summed E-state index contributed by atoms with van der Waals surface area (Å²) in [6, 6.07) is 0. The van der Waals surface area contributed by atoms with Gasteiger partial charge >= 0.3 is 17.9 Å². The number of carbonyl (C=O) groups is 3. The Balaban J connectivity index is 4.23. The van der Waals surface area contributed by atoms with E-state index in [-0.39, 0.29) is 31.1 Å². The molecule has 0 N–H and O–H groups in total. The van der Waals surface area contributed by atoms with E-state index in [1.807, 2.05) is 0 Å². The van der Waals surface area contributed by atoms with Gasteiger partial charge in [0.15, 0.2) is 6.10 Å². The molecule has 0 bridgehead atoms. The molecule has 0 saturated carbocycles. The molecule has 0 aliphatic heterocycles. The summed E-state index contributed by atoms with van der Waals surface area (Å²) in [5, 5.41) is 0. The van der Waals surface area contributed by atoms with E-state index in [1.165, 1.54) is 57.8 Å². The van der Waals surface area contributed by atoms with Crippen molar-refractivity contribution in [3.8, 4) is 0 Å². The second-order valence-electron chi connectivity index (χ2n) is 13.8. The highest BCUT2D eigenvalue weighted by Gasteiger charge is 2.19. The fourth-order valence-electron chi connectivity index (χ4n) is 5.21. The highest BCUT2D eigenvalue weighted by Crippen LogP contribution is 2.13. The minimum atomic E-state index is -0.767. The molecule has 1 unspecified atom stereocenters. The molecule has 0 aliphatic rings. The van der Waals surface area contributed by atoms with Crippen LogP contribution >= 0.6 is 0 Å². The van der Waals surface area contributed by atoms with Crippen LogP contribution in [0.1, 0.15) is 189 Å². The van der Waals surface area contributed by atoms with Gasteiger partial charge in [0.25, 0.3) is 0 Å². The zero-order valence-electron chi connectivity index (χ0n) is 30.2. The molecule has 264 valence electrons. The first kappa shape index (κ1) is 43.1. The van der Waals surface area contributed by atoms with Crippen LogP contribution in [0.5, 0.6) is 0 Å². The molecule has 0 rings (SSSR count). The number of unbranched alkanes of at least 4 members (excludes halogenated alkanes) is 15. The maximum Gasteiger partial charge on any atom is 0.306 e. The van der Waals surface area contributed by atoms with Crippen LogP contribution in [0.4, 0.5) is 0 Å². The van der Waals surface area contributed by atoms with Gasteiger partial charge in [-0.05, 0) is 56.8 Å². The molecular weight excluding hydrogens is 564 g/mol. The van der Waals surface area contributed by atoms with Crippen molar-refractivity contribution < 1.29 is 28.6 Å². The molecule has 0 fully saturated rings. The minimum absolute atomic E-state index is 0.0787. The largest absolute Gasteiger partial charge is 0.462 e. The Morgan fingerprint density at radius 3 is 1.31 bits per heavy atom. The van der Waals surface area contributed by atoms with E-state index in [0.29, 0.717) is 31.1 Å². The van der Waals surface area contributed by atoms with Crippen molar-refractivity contribution in [1.29, 1.82) is 0 Å². The zero-order valence-corrected chi connectivity index (χ0v) is 30.2. The van der Waals surface area contributed by atoms with Crippen molar-refractivity contribution in [2.75, 3.05) is 13.2 Å². The zero-order chi connectivity index (χ0) is 33.4. The second kappa shape index (κ2) is 32.1. The average Bonchev–Trinajstić information content (AvgIpc) is 2.99. The fourth-order valence-corrected chi connectivity index (χ4v) is 5.21. The Morgan fingerprint density at radius 2 is 0.867 bits per heavy atom. The predicted molar refractivity (Wildman–Crippen MR) is 187 cm³/mol. The van der Waals surface area contributed by atoms with Crippen molar-refractivity contribution in [3.05, 3.63) is 12.2 Å². The van der Waals surface area contributed by atoms with Crippen LogP contribution < -0.4 is 0 Å². The van der Waals surface area contributed by atoms with Gasteiger partial charge in [0, 0.05) is 19.3 Å². The number of rotatable bonds is 32. The van der Waals surface area contributed by atoms with Gasteiger partial charge < -0.3 is 14.2 Å². The SMILES string of the molecule is CCCCCCCC/C=C\CCCCCCCC(=O)OCC(COC(=O)CCCCCC(C)C)OC(=O)CCCCCC(C)C. The van der Waals surface area contributed by atoms with Gasteiger partial charge in [0.2, 0.25) is 0 Å². The lowest BCUT2D eigenvalue weighted by atomic mass is 10.0. The van der Waals surface area contributed by atoms with Crippen LogP contribution in [0.3, 0.4) is 0 Å². The molecule has 6 nitrogen and oxygen atoms in total. The molecule has 0 radical (unpaired) electrons. The van der Waals surface area contributed by atoms with Crippen molar-refractivity contribution in [3.63, 3.8) is 0 Å². The first-order valence-electron chi connectivity index (χ1n) is 18.9. The lowest BCUT2D eigenvalue weighted by Gasteiger charge is -2.18. The molecule has 1 atom stereocenters. The van der Waals surface area contributed by atoms with E-state index in [9.17, 15) is 14.4 Å². The van der Waals surface area contributed by atoms with Crippen LogP contribution in [-0.4, -0.2) is 37.2 Å². The number of carbonyl (C=O) groups excluding carboxylic acids is 3. The predicted octanol–water partition coefficient (Wildman–Crippen LogP) is 11.2. The lowest BCUT2D eigenvalue weighted by molar-refractivity contribution is -0.167. The van der Waals surface area contributed by atoms with Gasteiger partial charge in [-0.25, -0.2) is 0 Å². The topological polar surface area (TPSA) is 78.9 Å². The molecule has 0 aromatic heterocycles. The number of hydrogen-bond acceptors (Lipinski definition) is 6. The van der Waals surface area contributed by atoms with Gasteiger partial charge in [-0.15, -0.1) is 0 Å². The Labute approximate surface area is 278 Å². The summed E-state index contributed by atoms with van der Waals surface area (Å²) in [7, 11) is 0. The fraction of sp³-hybridized carbons (Fsp3) is 0.872. The molecule has 6 heteroatoms. The first-order chi connectivity index (χ1) is 21.7. The van der Waals surface area contributed by atoms with Gasteiger partial charge in [0.1, 0.15) is 13.2 Å². The number of hydrogen-bond donors (Lipinski definition) is 0. The van der Waals surface area contributed by atoms with E-state index in [1.54, 1.807) is 0 Å². The van der Waals surface area contributed by atoms with Gasteiger partial charge in [-0.2, -0.15) is 0 Å². The van der Waals surface area contributed by atoms with E-state index in [2.05, 4.69) is 46.8 Å². The van der Waals surface area contributed by atoms with E-state index >= 15 is 0 Å². The Kier molecular flexibility index (Phi) is 30.8. The van der Waals surface area contributed by atoms with Crippen molar-refractivity contribution >= 4 is 17.9 Å². The summed E-state index contributed by atoms with van der Waals surface area (Å²) in [6.07, 6.45) is 28.7.